The summed E-state index contributed by atoms with van der Waals surface area (Å²) in [6.45, 7) is -0.689. The van der Waals surface area contributed by atoms with E-state index in [1.165, 1.54) is 0 Å². The highest BCUT2D eigenvalue weighted by Gasteiger charge is 2.38. The molecule has 19 heavy (non-hydrogen) atoms. The molecule has 1 aromatic rings. The smallest absolute Gasteiger partial charge is 0.184 e. The van der Waals surface area contributed by atoms with Gasteiger partial charge in [0, 0.05) is 5.56 Å². The lowest BCUT2D eigenvalue weighted by Crippen LogP contribution is -2.47. The number of hydrogen-bond acceptors (Lipinski definition) is 6. The van der Waals surface area contributed by atoms with Crippen LogP contribution in [0.15, 0.2) is 30.3 Å². The van der Waals surface area contributed by atoms with Crippen molar-refractivity contribution < 1.29 is 29.9 Å². The molecule has 1 saturated heterocycles. The first-order valence-electron chi connectivity index (χ1n) is 6.10. The summed E-state index contributed by atoms with van der Waals surface area (Å²) in [5.41, 5.74) is 0.707. The van der Waals surface area contributed by atoms with Gasteiger partial charge < -0.3 is 29.9 Å². The summed E-state index contributed by atoms with van der Waals surface area (Å²) >= 11 is 0. The topological polar surface area (TPSA) is 99.4 Å². The van der Waals surface area contributed by atoms with Crippen molar-refractivity contribution >= 4 is 0 Å². The summed E-state index contributed by atoms with van der Waals surface area (Å²) in [7, 11) is 0. The minimum atomic E-state index is -1.32. The number of aliphatic hydroxyl groups is 4. The van der Waals surface area contributed by atoms with Gasteiger partial charge in [-0.2, -0.15) is 0 Å². The normalized spacial score (nSPS) is 33.7. The first kappa shape index (κ1) is 14.4. The van der Waals surface area contributed by atoms with Gasteiger partial charge in [0.2, 0.25) is 0 Å². The molecular formula is C13H18O6. The van der Waals surface area contributed by atoms with Crippen molar-refractivity contribution in [2.24, 2.45) is 0 Å². The van der Waals surface area contributed by atoms with Crippen LogP contribution in [0.4, 0.5) is 0 Å². The second-order valence-corrected chi connectivity index (χ2v) is 4.48. The minimum absolute atomic E-state index is 0.116. The Balaban J connectivity index is 2.19. The minimum Gasteiger partial charge on any atom is -0.394 e. The average Bonchev–Trinajstić information content (AvgIpc) is 2.60. The van der Waals surface area contributed by atoms with E-state index in [1.807, 2.05) is 6.07 Å². The summed E-state index contributed by atoms with van der Waals surface area (Å²) in [5.74, 6) is 0. The molecule has 6 nitrogen and oxygen atoms in total. The highest BCUT2D eigenvalue weighted by Crippen LogP contribution is 2.27. The monoisotopic (exact) mass is 270 g/mol. The van der Waals surface area contributed by atoms with Crippen LogP contribution in [0.5, 0.6) is 0 Å². The fraction of sp³-hybridized carbons (Fsp3) is 0.538. The van der Waals surface area contributed by atoms with E-state index < -0.39 is 37.3 Å². The van der Waals surface area contributed by atoms with Gasteiger partial charge in [0.1, 0.15) is 24.4 Å². The van der Waals surface area contributed by atoms with E-state index in [9.17, 15) is 15.3 Å². The Morgan fingerprint density at radius 2 is 1.89 bits per heavy atom. The first-order chi connectivity index (χ1) is 9.13. The van der Waals surface area contributed by atoms with Crippen molar-refractivity contribution in [2.75, 3.05) is 13.2 Å². The van der Waals surface area contributed by atoms with Crippen LogP contribution in [0.2, 0.25) is 0 Å². The summed E-state index contributed by atoms with van der Waals surface area (Å²) < 4.78 is 10.9. The van der Waals surface area contributed by atoms with Gasteiger partial charge in [-0.05, 0) is 0 Å². The van der Waals surface area contributed by atoms with E-state index in [-0.39, 0.29) is 6.61 Å². The van der Waals surface area contributed by atoms with Crippen molar-refractivity contribution in [3.8, 4) is 0 Å². The lowest BCUT2D eigenvalue weighted by Gasteiger charge is -2.27. The van der Waals surface area contributed by atoms with Crippen LogP contribution in [0, 0.1) is 0 Å². The summed E-state index contributed by atoms with van der Waals surface area (Å²) in [4.78, 5) is 0. The summed E-state index contributed by atoms with van der Waals surface area (Å²) in [6, 6.07) is 8.99. The van der Waals surface area contributed by atoms with Crippen molar-refractivity contribution in [1.82, 2.24) is 0 Å². The molecular weight excluding hydrogens is 252 g/mol. The zero-order valence-corrected chi connectivity index (χ0v) is 10.3. The molecule has 1 heterocycles. The van der Waals surface area contributed by atoms with Gasteiger partial charge in [-0.3, -0.25) is 0 Å². The molecule has 1 aliphatic rings. The van der Waals surface area contributed by atoms with E-state index in [0.717, 1.165) is 0 Å². The number of rotatable bonds is 3. The lowest BCUT2D eigenvalue weighted by molar-refractivity contribution is -0.199. The maximum Gasteiger partial charge on any atom is 0.184 e. The van der Waals surface area contributed by atoms with Crippen LogP contribution >= 0.6 is 0 Å². The molecule has 5 atom stereocenters. The Labute approximate surface area is 110 Å². The Bertz CT molecular complexity index is 384. The molecule has 0 radical (unpaired) electrons. The summed E-state index contributed by atoms with van der Waals surface area (Å²) in [5, 5.41) is 38.2. The number of ether oxygens (including phenoxy) is 2. The maximum absolute atomic E-state index is 9.86. The summed E-state index contributed by atoms with van der Waals surface area (Å²) in [6.07, 6.45) is -5.72. The van der Waals surface area contributed by atoms with Crippen molar-refractivity contribution in [3.63, 3.8) is 0 Å². The van der Waals surface area contributed by atoms with Crippen LogP contribution in [0.3, 0.4) is 0 Å². The molecule has 2 rings (SSSR count). The van der Waals surface area contributed by atoms with Crippen molar-refractivity contribution in [2.45, 2.75) is 30.7 Å². The van der Waals surface area contributed by atoms with Crippen LogP contribution in [0.25, 0.3) is 0 Å². The lowest BCUT2D eigenvalue weighted by atomic mass is 10.0. The quantitative estimate of drug-likeness (QED) is 0.572. The molecule has 0 aliphatic carbocycles. The second-order valence-electron chi connectivity index (χ2n) is 4.48. The Morgan fingerprint density at radius 1 is 1.21 bits per heavy atom. The van der Waals surface area contributed by atoms with Crippen molar-refractivity contribution in [1.29, 1.82) is 0 Å². The molecule has 0 amide bonds. The molecule has 0 aromatic heterocycles. The van der Waals surface area contributed by atoms with E-state index >= 15 is 0 Å². The molecule has 1 aromatic carbocycles. The van der Waals surface area contributed by atoms with E-state index in [4.69, 9.17) is 14.6 Å². The van der Waals surface area contributed by atoms with Gasteiger partial charge in [-0.25, -0.2) is 0 Å². The van der Waals surface area contributed by atoms with E-state index in [1.54, 1.807) is 24.3 Å². The molecule has 1 fully saturated rings. The highest BCUT2D eigenvalue weighted by atomic mass is 16.7. The van der Waals surface area contributed by atoms with Gasteiger partial charge in [0.25, 0.3) is 0 Å². The van der Waals surface area contributed by atoms with Crippen molar-refractivity contribution in [3.05, 3.63) is 35.9 Å². The Morgan fingerprint density at radius 3 is 2.53 bits per heavy atom. The number of hydrogen-bond donors (Lipinski definition) is 4. The molecule has 6 heteroatoms. The van der Waals surface area contributed by atoms with Crippen LogP contribution in [-0.2, 0) is 9.47 Å². The maximum atomic E-state index is 9.86. The largest absolute Gasteiger partial charge is 0.394 e. The molecule has 1 aliphatic heterocycles. The molecule has 0 bridgehead atoms. The zero-order valence-electron chi connectivity index (χ0n) is 10.3. The number of benzene rings is 1. The average molecular weight is 270 g/mol. The third-order valence-electron chi connectivity index (χ3n) is 3.07. The van der Waals surface area contributed by atoms with Gasteiger partial charge in [0.15, 0.2) is 6.29 Å². The van der Waals surface area contributed by atoms with Gasteiger partial charge in [-0.15, -0.1) is 0 Å². The van der Waals surface area contributed by atoms with Crippen LogP contribution < -0.4 is 0 Å². The Hall–Kier alpha value is -1.02. The van der Waals surface area contributed by atoms with E-state index in [2.05, 4.69) is 0 Å². The Kier molecular flexibility index (Phi) is 4.87. The highest BCUT2D eigenvalue weighted by molar-refractivity contribution is 5.16. The molecule has 0 spiro atoms. The number of aliphatic hydroxyl groups excluding tert-OH is 4. The molecule has 0 saturated carbocycles. The van der Waals surface area contributed by atoms with Crippen LogP contribution in [-0.4, -0.2) is 58.1 Å². The fourth-order valence-corrected chi connectivity index (χ4v) is 1.97. The van der Waals surface area contributed by atoms with Crippen LogP contribution in [0.1, 0.15) is 11.9 Å². The SMILES string of the molecule is OC[C@H](O)[C@@H]1OC(c2ccccc2)OC[C@@H](O)[C@@H]1O. The van der Waals surface area contributed by atoms with Gasteiger partial charge >= 0.3 is 0 Å². The molecule has 106 valence electrons. The zero-order chi connectivity index (χ0) is 13.8. The predicted molar refractivity (Wildman–Crippen MR) is 65.1 cm³/mol. The molecule has 4 N–H and O–H groups in total. The fourth-order valence-electron chi connectivity index (χ4n) is 1.97. The molecule has 1 unspecified atom stereocenters. The van der Waals surface area contributed by atoms with Gasteiger partial charge in [0.05, 0.1) is 13.2 Å². The second kappa shape index (κ2) is 6.42. The third-order valence-corrected chi connectivity index (χ3v) is 3.07. The van der Waals surface area contributed by atoms with E-state index in [0.29, 0.717) is 5.56 Å². The first-order valence-corrected chi connectivity index (χ1v) is 6.10. The van der Waals surface area contributed by atoms with Gasteiger partial charge in [-0.1, -0.05) is 30.3 Å². The predicted octanol–water partition coefficient (Wildman–Crippen LogP) is -0.824. The third kappa shape index (κ3) is 3.30. The standard InChI is InChI=1S/C13H18O6/c14-6-9(15)12-11(17)10(16)7-18-13(19-12)8-4-2-1-3-5-8/h1-5,9-17H,6-7H2/t9-,10+,11-,12-,13?/m0/s1.